The molecule has 0 heterocycles. The maximum absolute atomic E-state index is 12.9. The van der Waals surface area contributed by atoms with Crippen molar-refractivity contribution in [2.24, 2.45) is 5.92 Å². The van der Waals surface area contributed by atoms with Crippen molar-refractivity contribution in [1.29, 1.82) is 0 Å². The molecule has 0 aliphatic heterocycles. The van der Waals surface area contributed by atoms with E-state index in [1.54, 1.807) is 0 Å². The Labute approximate surface area is 192 Å². The summed E-state index contributed by atoms with van der Waals surface area (Å²) in [5, 5.41) is 21.0. The Morgan fingerprint density at radius 1 is 1.03 bits per heavy atom. The molecule has 2 amide bonds. The first-order chi connectivity index (χ1) is 16.0. The molecule has 8 nitrogen and oxygen atoms in total. The first-order valence-electron chi connectivity index (χ1n) is 11.2. The van der Waals surface area contributed by atoms with Crippen molar-refractivity contribution in [3.05, 3.63) is 59.7 Å². The molecule has 0 radical (unpaired) electrons. The molecule has 2 aromatic rings. The summed E-state index contributed by atoms with van der Waals surface area (Å²) < 4.78 is 5.56. The SMILES string of the molecule is O=C(O)CN(CCO)C(=O)C(CC1CC1)NC(=O)OCC1c2ccccc2-c2ccccc21. The summed E-state index contributed by atoms with van der Waals surface area (Å²) in [7, 11) is 0. The third-order valence-electron chi connectivity index (χ3n) is 6.21. The number of benzene rings is 2. The molecule has 0 aromatic heterocycles. The van der Waals surface area contributed by atoms with Crippen LogP contribution in [0.2, 0.25) is 0 Å². The van der Waals surface area contributed by atoms with Crippen LogP contribution in [0.15, 0.2) is 48.5 Å². The lowest BCUT2D eigenvalue weighted by Crippen LogP contribution is -2.51. The van der Waals surface area contributed by atoms with Crippen LogP contribution in [0.3, 0.4) is 0 Å². The fourth-order valence-corrected chi connectivity index (χ4v) is 4.46. The number of carboxylic acid groups (broad SMARTS) is 1. The number of amides is 2. The molecule has 1 unspecified atom stereocenters. The number of aliphatic hydroxyl groups is 1. The van der Waals surface area contributed by atoms with Gasteiger partial charge in [-0.25, -0.2) is 4.79 Å². The summed E-state index contributed by atoms with van der Waals surface area (Å²) in [6, 6.07) is 15.1. The maximum Gasteiger partial charge on any atom is 0.407 e. The summed E-state index contributed by atoms with van der Waals surface area (Å²) in [6.45, 7) is -0.884. The molecule has 1 atom stereocenters. The van der Waals surface area contributed by atoms with Crippen LogP contribution in [-0.2, 0) is 14.3 Å². The third-order valence-corrected chi connectivity index (χ3v) is 6.21. The fourth-order valence-electron chi connectivity index (χ4n) is 4.46. The van der Waals surface area contributed by atoms with Gasteiger partial charge in [0.05, 0.1) is 6.61 Å². The van der Waals surface area contributed by atoms with Gasteiger partial charge in [0.2, 0.25) is 5.91 Å². The number of nitrogens with one attached hydrogen (secondary N) is 1. The topological polar surface area (TPSA) is 116 Å². The number of hydrogen-bond donors (Lipinski definition) is 3. The minimum atomic E-state index is -1.18. The molecule has 33 heavy (non-hydrogen) atoms. The molecular formula is C25H28N2O6. The van der Waals surface area contributed by atoms with Crippen LogP contribution >= 0.6 is 0 Å². The van der Waals surface area contributed by atoms with Crippen molar-refractivity contribution in [2.75, 3.05) is 26.3 Å². The quantitative estimate of drug-likeness (QED) is 0.510. The van der Waals surface area contributed by atoms with Gasteiger partial charge in [-0.1, -0.05) is 61.4 Å². The van der Waals surface area contributed by atoms with Gasteiger partial charge in [0.15, 0.2) is 0 Å². The number of hydrogen-bond acceptors (Lipinski definition) is 5. The zero-order chi connectivity index (χ0) is 23.4. The third kappa shape index (κ3) is 5.34. The Morgan fingerprint density at radius 3 is 2.18 bits per heavy atom. The molecule has 0 saturated heterocycles. The average molecular weight is 453 g/mol. The molecule has 3 N–H and O–H groups in total. The molecule has 8 heteroatoms. The highest BCUT2D eigenvalue weighted by Crippen LogP contribution is 2.44. The van der Waals surface area contributed by atoms with Gasteiger partial charge < -0.3 is 25.2 Å². The van der Waals surface area contributed by atoms with Crippen molar-refractivity contribution in [2.45, 2.75) is 31.2 Å². The normalized spacial score (nSPS) is 15.3. The summed E-state index contributed by atoms with van der Waals surface area (Å²) in [5.41, 5.74) is 4.43. The molecule has 1 fully saturated rings. The number of rotatable bonds is 10. The van der Waals surface area contributed by atoms with E-state index in [0.717, 1.165) is 40.0 Å². The molecule has 1 saturated carbocycles. The molecule has 4 rings (SSSR count). The first-order valence-corrected chi connectivity index (χ1v) is 11.2. The number of ether oxygens (including phenoxy) is 1. The second-order valence-corrected chi connectivity index (χ2v) is 8.58. The van der Waals surface area contributed by atoms with Gasteiger partial charge in [-0.3, -0.25) is 9.59 Å². The monoisotopic (exact) mass is 452 g/mol. The van der Waals surface area contributed by atoms with Gasteiger partial charge in [0.1, 0.15) is 19.2 Å². The second kappa shape index (κ2) is 10.0. The van der Waals surface area contributed by atoms with Gasteiger partial charge in [-0.2, -0.15) is 0 Å². The zero-order valence-corrected chi connectivity index (χ0v) is 18.3. The van der Waals surface area contributed by atoms with E-state index in [9.17, 15) is 19.5 Å². The second-order valence-electron chi connectivity index (χ2n) is 8.58. The van der Waals surface area contributed by atoms with Crippen LogP contribution in [0.25, 0.3) is 11.1 Å². The first kappa shape index (κ1) is 22.8. The number of alkyl carbamates (subject to hydrolysis) is 1. The predicted molar refractivity (Wildman–Crippen MR) is 121 cm³/mol. The largest absolute Gasteiger partial charge is 0.480 e. The Hall–Kier alpha value is -3.39. The van der Waals surface area contributed by atoms with E-state index in [4.69, 9.17) is 9.84 Å². The Balaban J connectivity index is 1.43. The van der Waals surface area contributed by atoms with E-state index in [1.807, 2.05) is 36.4 Å². The highest BCUT2D eigenvalue weighted by molar-refractivity contribution is 5.88. The molecule has 0 bridgehead atoms. The standard InChI is InChI=1S/C25H28N2O6/c28-12-11-27(14-23(29)30)24(31)22(13-16-9-10-16)26-25(32)33-15-21-19-7-3-1-5-17(19)18-6-2-4-8-20(18)21/h1-8,16,21-22,28H,9-15H2,(H,26,32)(H,29,30). The lowest BCUT2D eigenvalue weighted by molar-refractivity contribution is -0.145. The molecular weight excluding hydrogens is 424 g/mol. The smallest absolute Gasteiger partial charge is 0.407 e. The van der Waals surface area contributed by atoms with E-state index in [2.05, 4.69) is 17.4 Å². The lowest BCUT2D eigenvalue weighted by atomic mass is 9.98. The zero-order valence-electron chi connectivity index (χ0n) is 18.3. The maximum atomic E-state index is 12.9. The van der Waals surface area contributed by atoms with Crippen LogP contribution in [0, 0.1) is 5.92 Å². The van der Waals surface area contributed by atoms with Gasteiger partial charge >= 0.3 is 12.1 Å². The lowest BCUT2D eigenvalue weighted by Gasteiger charge is -2.26. The number of carbonyl (C=O) groups is 3. The number of aliphatic carboxylic acids is 1. The van der Waals surface area contributed by atoms with Gasteiger partial charge in [0, 0.05) is 12.5 Å². The molecule has 2 aliphatic carbocycles. The minimum Gasteiger partial charge on any atom is -0.480 e. The van der Waals surface area contributed by atoms with E-state index in [0.29, 0.717) is 12.3 Å². The molecule has 174 valence electrons. The Morgan fingerprint density at radius 2 is 1.64 bits per heavy atom. The Bertz CT molecular complexity index is 990. The number of nitrogens with zero attached hydrogens (tertiary/aromatic N) is 1. The highest BCUT2D eigenvalue weighted by atomic mass is 16.5. The van der Waals surface area contributed by atoms with Crippen LogP contribution in [0.1, 0.15) is 36.3 Å². The summed E-state index contributed by atoms with van der Waals surface area (Å²) in [4.78, 5) is 37.8. The van der Waals surface area contributed by atoms with Crippen molar-refractivity contribution < 1.29 is 29.3 Å². The molecule has 0 spiro atoms. The number of carbonyl (C=O) groups excluding carboxylic acids is 2. The van der Waals surface area contributed by atoms with E-state index >= 15 is 0 Å². The minimum absolute atomic E-state index is 0.0985. The highest BCUT2D eigenvalue weighted by Gasteiger charge is 2.34. The van der Waals surface area contributed by atoms with Gasteiger partial charge in [-0.05, 0) is 34.6 Å². The number of aliphatic hydroxyl groups excluding tert-OH is 1. The molecule has 2 aromatic carbocycles. The van der Waals surface area contributed by atoms with E-state index in [1.165, 1.54) is 0 Å². The summed E-state index contributed by atoms with van der Waals surface area (Å²) in [5.74, 6) is -1.48. The predicted octanol–water partition coefficient (Wildman–Crippen LogP) is 2.60. The number of fused-ring (bicyclic) bond motifs is 3. The van der Waals surface area contributed by atoms with Crippen molar-refractivity contribution in [3.63, 3.8) is 0 Å². The van der Waals surface area contributed by atoms with Crippen LogP contribution in [0.5, 0.6) is 0 Å². The van der Waals surface area contributed by atoms with Gasteiger partial charge in [-0.15, -0.1) is 0 Å². The molecule has 2 aliphatic rings. The summed E-state index contributed by atoms with van der Waals surface area (Å²) in [6.07, 6.45) is 1.64. The van der Waals surface area contributed by atoms with E-state index in [-0.39, 0.29) is 25.7 Å². The van der Waals surface area contributed by atoms with Crippen LogP contribution in [-0.4, -0.2) is 65.4 Å². The Kier molecular flexibility index (Phi) is 6.93. The van der Waals surface area contributed by atoms with E-state index < -0.39 is 30.6 Å². The van der Waals surface area contributed by atoms with Crippen molar-refractivity contribution in [1.82, 2.24) is 10.2 Å². The van der Waals surface area contributed by atoms with Crippen molar-refractivity contribution in [3.8, 4) is 11.1 Å². The average Bonchev–Trinajstić information content (AvgIpc) is 3.57. The summed E-state index contributed by atoms with van der Waals surface area (Å²) >= 11 is 0. The van der Waals surface area contributed by atoms with Crippen molar-refractivity contribution >= 4 is 18.0 Å². The van der Waals surface area contributed by atoms with Gasteiger partial charge in [0.25, 0.3) is 0 Å². The number of carboxylic acids is 1. The van der Waals surface area contributed by atoms with Crippen LogP contribution in [0.4, 0.5) is 4.79 Å². The van der Waals surface area contributed by atoms with Crippen LogP contribution < -0.4 is 5.32 Å². The fraction of sp³-hybridized carbons (Fsp3) is 0.400.